The van der Waals surface area contributed by atoms with Crippen molar-refractivity contribution in [3.05, 3.63) is 72.3 Å². The predicted molar refractivity (Wildman–Crippen MR) is 116 cm³/mol. The number of anilines is 3. The third-order valence-electron chi connectivity index (χ3n) is 4.28. The summed E-state index contributed by atoms with van der Waals surface area (Å²) in [5.74, 6) is 0.254. The van der Waals surface area contributed by atoms with Gasteiger partial charge in [0.15, 0.2) is 11.5 Å². The minimum atomic E-state index is -3.92. The molecule has 0 aliphatic carbocycles. The molecule has 0 atom stereocenters. The molecule has 9 heteroatoms. The summed E-state index contributed by atoms with van der Waals surface area (Å²) in [5, 5.41) is 2.69. The Balaban J connectivity index is 1.80. The van der Waals surface area contributed by atoms with Gasteiger partial charge in [0.25, 0.3) is 15.9 Å². The number of hydrogen-bond donors (Lipinski definition) is 3. The number of para-hydroxylation sites is 3. The van der Waals surface area contributed by atoms with E-state index in [2.05, 4.69) is 10.0 Å². The standard InChI is InChI=1S/C21H21N3O5S/c1-28-19-9-5-8-18(20(19)29-2)24-30(26,27)15-12-10-14(11-13-15)21(25)23-17-7-4-3-6-16(17)22/h3-13,24H,22H2,1-2H3,(H,23,25). The van der Waals surface area contributed by atoms with Gasteiger partial charge in [-0.25, -0.2) is 8.42 Å². The number of nitrogens with two attached hydrogens (primary N) is 1. The van der Waals surface area contributed by atoms with Gasteiger partial charge in [-0.2, -0.15) is 0 Å². The van der Waals surface area contributed by atoms with Crippen LogP contribution in [0.4, 0.5) is 17.1 Å². The largest absolute Gasteiger partial charge is 0.493 e. The molecule has 0 saturated carbocycles. The minimum absolute atomic E-state index is 0.0110. The van der Waals surface area contributed by atoms with Gasteiger partial charge in [0.05, 0.1) is 36.2 Å². The van der Waals surface area contributed by atoms with Crippen LogP contribution in [0.2, 0.25) is 0 Å². The van der Waals surface area contributed by atoms with Crippen molar-refractivity contribution in [2.45, 2.75) is 4.90 Å². The zero-order chi connectivity index (χ0) is 21.7. The maximum atomic E-state index is 12.8. The van der Waals surface area contributed by atoms with E-state index in [-0.39, 0.29) is 21.9 Å². The summed E-state index contributed by atoms with van der Waals surface area (Å²) in [6.07, 6.45) is 0. The summed E-state index contributed by atoms with van der Waals surface area (Å²) < 4.78 is 38.4. The fourth-order valence-electron chi connectivity index (χ4n) is 2.76. The molecule has 0 bridgehead atoms. The van der Waals surface area contributed by atoms with E-state index in [4.69, 9.17) is 15.2 Å². The molecule has 8 nitrogen and oxygen atoms in total. The van der Waals surface area contributed by atoms with E-state index in [1.165, 1.54) is 38.5 Å². The van der Waals surface area contributed by atoms with Crippen LogP contribution >= 0.6 is 0 Å². The molecule has 0 spiro atoms. The fraction of sp³-hybridized carbons (Fsp3) is 0.0952. The molecule has 30 heavy (non-hydrogen) atoms. The third-order valence-corrected chi connectivity index (χ3v) is 5.66. The summed E-state index contributed by atoms with van der Waals surface area (Å²) >= 11 is 0. The number of carbonyl (C=O) groups is 1. The van der Waals surface area contributed by atoms with Gasteiger partial charge < -0.3 is 20.5 Å². The Morgan fingerprint density at radius 2 is 1.53 bits per heavy atom. The number of methoxy groups -OCH3 is 2. The molecular weight excluding hydrogens is 406 g/mol. The SMILES string of the molecule is COc1cccc(NS(=O)(=O)c2ccc(C(=O)Nc3ccccc3N)cc2)c1OC. The molecule has 0 saturated heterocycles. The van der Waals surface area contributed by atoms with Crippen molar-refractivity contribution >= 4 is 33.0 Å². The molecular formula is C21H21N3O5S. The first-order valence-electron chi connectivity index (χ1n) is 8.85. The second-order valence-corrected chi connectivity index (χ2v) is 7.89. The van der Waals surface area contributed by atoms with E-state index in [9.17, 15) is 13.2 Å². The van der Waals surface area contributed by atoms with Crippen molar-refractivity contribution in [1.29, 1.82) is 0 Å². The van der Waals surface area contributed by atoms with Crippen LogP contribution in [0.1, 0.15) is 10.4 Å². The van der Waals surface area contributed by atoms with Gasteiger partial charge in [-0.3, -0.25) is 9.52 Å². The molecule has 0 fully saturated rings. The highest BCUT2D eigenvalue weighted by Crippen LogP contribution is 2.35. The first-order chi connectivity index (χ1) is 14.4. The topological polar surface area (TPSA) is 120 Å². The Hall–Kier alpha value is -3.72. The van der Waals surface area contributed by atoms with Crippen LogP contribution in [0.25, 0.3) is 0 Å². The molecule has 0 aromatic heterocycles. The Labute approximate surface area is 174 Å². The number of nitrogens with one attached hydrogen (secondary N) is 2. The lowest BCUT2D eigenvalue weighted by atomic mass is 10.2. The van der Waals surface area contributed by atoms with Crippen LogP contribution in [0.5, 0.6) is 11.5 Å². The molecule has 0 aliphatic heterocycles. The van der Waals surface area contributed by atoms with Crippen LogP contribution in [-0.4, -0.2) is 28.5 Å². The zero-order valence-electron chi connectivity index (χ0n) is 16.4. The average molecular weight is 427 g/mol. The molecule has 156 valence electrons. The number of rotatable bonds is 7. The molecule has 3 rings (SSSR count). The summed E-state index contributed by atoms with van der Waals surface area (Å²) in [5.41, 5.74) is 7.26. The van der Waals surface area contributed by atoms with Crippen molar-refractivity contribution in [2.24, 2.45) is 0 Å². The van der Waals surface area contributed by atoms with Crippen molar-refractivity contribution in [3.8, 4) is 11.5 Å². The maximum Gasteiger partial charge on any atom is 0.262 e. The molecule has 0 unspecified atom stereocenters. The Bertz CT molecular complexity index is 1160. The summed E-state index contributed by atoms with van der Waals surface area (Å²) in [6.45, 7) is 0. The zero-order valence-corrected chi connectivity index (χ0v) is 17.2. The first kappa shape index (κ1) is 21.0. The van der Waals surface area contributed by atoms with Gasteiger partial charge in [0, 0.05) is 5.56 Å². The number of benzene rings is 3. The lowest BCUT2D eigenvalue weighted by Crippen LogP contribution is -2.15. The van der Waals surface area contributed by atoms with Crippen molar-refractivity contribution in [2.75, 3.05) is 30.0 Å². The molecule has 3 aromatic rings. The van der Waals surface area contributed by atoms with E-state index < -0.39 is 15.9 Å². The summed E-state index contributed by atoms with van der Waals surface area (Å²) in [7, 11) is -1.04. The van der Waals surface area contributed by atoms with E-state index in [0.29, 0.717) is 17.1 Å². The van der Waals surface area contributed by atoms with Crippen LogP contribution in [-0.2, 0) is 10.0 Å². The highest BCUT2D eigenvalue weighted by Gasteiger charge is 2.19. The van der Waals surface area contributed by atoms with Gasteiger partial charge in [-0.05, 0) is 48.5 Å². The molecule has 0 aliphatic rings. The number of hydrogen-bond acceptors (Lipinski definition) is 6. The number of ether oxygens (including phenoxy) is 2. The quantitative estimate of drug-likeness (QED) is 0.498. The second kappa shape index (κ2) is 8.75. The van der Waals surface area contributed by atoms with E-state index >= 15 is 0 Å². The number of carbonyl (C=O) groups excluding carboxylic acids is 1. The lowest BCUT2D eigenvalue weighted by Gasteiger charge is -2.14. The number of sulfonamides is 1. The summed E-state index contributed by atoms with van der Waals surface area (Å²) in [6, 6.07) is 17.3. The van der Waals surface area contributed by atoms with Crippen LogP contribution < -0.4 is 25.2 Å². The highest BCUT2D eigenvalue weighted by molar-refractivity contribution is 7.92. The average Bonchev–Trinajstić information content (AvgIpc) is 2.75. The maximum absolute atomic E-state index is 12.8. The Morgan fingerprint density at radius 1 is 0.867 bits per heavy atom. The second-order valence-electron chi connectivity index (χ2n) is 6.21. The normalized spacial score (nSPS) is 10.9. The number of amides is 1. The third kappa shape index (κ3) is 4.47. The van der Waals surface area contributed by atoms with E-state index in [0.717, 1.165) is 0 Å². The van der Waals surface area contributed by atoms with Crippen LogP contribution in [0, 0.1) is 0 Å². The molecule has 0 heterocycles. The van der Waals surface area contributed by atoms with Gasteiger partial charge in [0.1, 0.15) is 0 Å². The van der Waals surface area contributed by atoms with Crippen molar-refractivity contribution in [1.82, 2.24) is 0 Å². The van der Waals surface area contributed by atoms with Gasteiger partial charge in [-0.15, -0.1) is 0 Å². The Morgan fingerprint density at radius 3 is 2.17 bits per heavy atom. The Kier molecular flexibility index (Phi) is 6.12. The van der Waals surface area contributed by atoms with Gasteiger partial charge >= 0.3 is 0 Å². The predicted octanol–water partition coefficient (Wildman–Crippen LogP) is 3.34. The molecule has 3 aromatic carbocycles. The van der Waals surface area contributed by atoms with Crippen LogP contribution in [0.3, 0.4) is 0 Å². The monoisotopic (exact) mass is 427 g/mol. The van der Waals surface area contributed by atoms with Crippen molar-refractivity contribution < 1.29 is 22.7 Å². The lowest BCUT2D eigenvalue weighted by molar-refractivity contribution is 0.102. The molecule has 1 amide bonds. The fourth-order valence-corrected chi connectivity index (χ4v) is 3.82. The van der Waals surface area contributed by atoms with Crippen LogP contribution in [0.15, 0.2) is 71.6 Å². The van der Waals surface area contributed by atoms with Crippen molar-refractivity contribution in [3.63, 3.8) is 0 Å². The first-order valence-corrected chi connectivity index (χ1v) is 10.3. The molecule has 4 N–H and O–H groups in total. The smallest absolute Gasteiger partial charge is 0.262 e. The molecule has 0 radical (unpaired) electrons. The van der Waals surface area contributed by atoms with E-state index in [1.807, 2.05) is 0 Å². The van der Waals surface area contributed by atoms with Gasteiger partial charge in [-0.1, -0.05) is 18.2 Å². The number of nitrogen functional groups attached to an aromatic ring is 1. The summed E-state index contributed by atoms with van der Waals surface area (Å²) in [4.78, 5) is 12.4. The highest BCUT2D eigenvalue weighted by atomic mass is 32.2. The minimum Gasteiger partial charge on any atom is -0.493 e. The van der Waals surface area contributed by atoms with E-state index in [1.54, 1.807) is 42.5 Å². The van der Waals surface area contributed by atoms with Gasteiger partial charge in [0.2, 0.25) is 0 Å².